The molecule has 1 unspecified atom stereocenters. The van der Waals surface area contributed by atoms with Crippen LogP contribution < -0.4 is 5.32 Å². The highest BCUT2D eigenvalue weighted by Crippen LogP contribution is 2.22. The molecule has 0 bridgehead atoms. The Morgan fingerprint density at radius 3 is 2.80 bits per heavy atom. The lowest BCUT2D eigenvalue weighted by atomic mass is 10.1. The van der Waals surface area contributed by atoms with Crippen molar-refractivity contribution in [1.29, 1.82) is 0 Å². The van der Waals surface area contributed by atoms with Crippen molar-refractivity contribution in [2.45, 2.75) is 44.2 Å². The van der Waals surface area contributed by atoms with E-state index in [1.54, 1.807) is 0 Å². The summed E-state index contributed by atoms with van der Waals surface area (Å²) in [6.45, 7) is 4.02. The topological polar surface area (TPSA) is 24.5 Å². The first-order valence-corrected chi connectivity index (χ1v) is 6.37. The Hall–Kier alpha value is -0.120. The third kappa shape index (κ3) is 3.44. The predicted octanol–water partition coefficient (Wildman–Crippen LogP) is 1.24. The predicted molar refractivity (Wildman–Crippen MR) is 62.1 cm³/mol. The number of rotatable bonds is 4. The van der Waals surface area contributed by atoms with Gasteiger partial charge in [0.05, 0.1) is 13.2 Å². The maximum absolute atomic E-state index is 5.46. The van der Waals surface area contributed by atoms with E-state index in [0.29, 0.717) is 6.04 Å². The lowest BCUT2D eigenvalue weighted by Crippen LogP contribution is -2.43. The molecule has 0 aromatic heterocycles. The Morgan fingerprint density at radius 1 is 1.33 bits per heavy atom. The normalized spacial score (nSPS) is 28.8. The van der Waals surface area contributed by atoms with Crippen molar-refractivity contribution in [3.63, 3.8) is 0 Å². The fraction of sp³-hybridized carbons (Fsp3) is 1.00. The first-order chi connectivity index (χ1) is 7.36. The molecule has 0 amide bonds. The molecule has 3 nitrogen and oxygen atoms in total. The van der Waals surface area contributed by atoms with Crippen LogP contribution in [0, 0.1) is 0 Å². The van der Waals surface area contributed by atoms with Crippen molar-refractivity contribution < 1.29 is 4.74 Å². The van der Waals surface area contributed by atoms with E-state index < -0.39 is 0 Å². The second-order valence-electron chi connectivity index (χ2n) is 4.93. The van der Waals surface area contributed by atoms with Gasteiger partial charge in [-0.2, -0.15) is 0 Å². The summed E-state index contributed by atoms with van der Waals surface area (Å²) in [5, 5.41) is 3.51. The highest BCUT2D eigenvalue weighted by Gasteiger charge is 2.20. The minimum absolute atomic E-state index is 0.586. The van der Waals surface area contributed by atoms with Crippen molar-refractivity contribution in [2.75, 3.05) is 33.4 Å². The molecule has 15 heavy (non-hydrogen) atoms. The number of ether oxygens (including phenoxy) is 1. The molecule has 2 rings (SSSR count). The Morgan fingerprint density at radius 2 is 2.13 bits per heavy atom. The molecule has 1 aliphatic carbocycles. The first-order valence-electron chi connectivity index (χ1n) is 6.37. The van der Waals surface area contributed by atoms with Gasteiger partial charge in [-0.25, -0.2) is 0 Å². The van der Waals surface area contributed by atoms with E-state index >= 15 is 0 Å². The van der Waals surface area contributed by atoms with Crippen LogP contribution in [0.15, 0.2) is 0 Å². The average molecular weight is 212 g/mol. The second-order valence-corrected chi connectivity index (χ2v) is 4.93. The molecule has 0 radical (unpaired) electrons. The second kappa shape index (κ2) is 5.83. The molecule has 0 aromatic carbocycles. The summed E-state index contributed by atoms with van der Waals surface area (Å²) < 4.78 is 5.46. The van der Waals surface area contributed by atoms with Gasteiger partial charge in [-0.15, -0.1) is 0 Å². The fourth-order valence-electron chi connectivity index (χ4n) is 2.69. The van der Waals surface area contributed by atoms with E-state index in [0.717, 1.165) is 25.8 Å². The van der Waals surface area contributed by atoms with E-state index in [9.17, 15) is 0 Å². The lowest BCUT2D eigenvalue weighted by Gasteiger charge is -2.28. The molecular weight excluding hydrogens is 188 g/mol. The highest BCUT2D eigenvalue weighted by atomic mass is 16.5. The van der Waals surface area contributed by atoms with Gasteiger partial charge in [0.15, 0.2) is 0 Å². The quantitative estimate of drug-likeness (QED) is 0.759. The van der Waals surface area contributed by atoms with Gasteiger partial charge in [0.1, 0.15) is 0 Å². The molecule has 1 N–H and O–H groups in total. The zero-order valence-corrected chi connectivity index (χ0v) is 9.87. The fourth-order valence-corrected chi connectivity index (χ4v) is 2.69. The van der Waals surface area contributed by atoms with Gasteiger partial charge in [-0.3, -0.25) is 0 Å². The van der Waals surface area contributed by atoms with Crippen molar-refractivity contribution in [3.05, 3.63) is 0 Å². The molecule has 1 saturated carbocycles. The summed E-state index contributed by atoms with van der Waals surface area (Å²) in [7, 11) is 2.28. The Bertz CT molecular complexity index is 174. The summed E-state index contributed by atoms with van der Waals surface area (Å²) in [5.41, 5.74) is 0. The summed E-state index contributed by atoms with van der Waals surface area (Å²) in [5.74, 6) is 0. The first kappa shape index (κ1) is 11.4. The van der Waals surface area contributed by atoms with Gasteiger partial charge in [0.2, 0.25) is 0 Å². The molecule has 0 spiro atoms. The molecule has 3 heteroatoms. The van der Waals surface area contributed by atoms with Gasteiger partial charge in [0, 0.05) is 18.6 Å². The van der Waals surface area contributed by atoms with Crippen LogP contribution in [0.4, 0.5) is 0 Å². The maximum Gasteiger partial charge on any atom is 0.0620 e. The van der Waals surface area contributed by atoms with Crippen LogP contribution in [0.25, 0.3) is 0 Å². The van der Waals surface area contributed by atoms with Crippen molar-refractivity contribution in [2.24, 2.45) is 0 Å². The number of nitrogens with zero attached hydrogens (tertiary/aromatic N) is 1. The summed E-state index contributed by atoms with van der Waals surface area (Å²) in [4.78, 5) is 2.54. The van der Waals surface area contributed by atoms with E-state index in [4.69, 9.17) is 4.74 Å². The van der Waals surface area contributed by atoms with Crippen molar-refractivity contribution in [3.8, 4) is 0 Å². The lowest BCUT2D eigenvalue weighted by molar-refractivity contribution is 0.0692. The van der Waals surface area contributed by atoms with Gasteiger partial charge in [-0.05, 0) is 32.9 Å². The zero-order chi connectivity index (χ0) is 10.5. The molecule has 1 atom stereocenters. The number of morpholine rings is 1. The molecule has 1 saturated heterocycles. The molecular formula is C12H24N2O. The third-order valence-electron chi connectivity index (χ3n) is 3.78. The Balaban J connectivity index is 1.63. The largest absolute Gasteiger partial charge is 0.379 e. The monoisotopic (exact) mass is 212 g/mol. The van der Waals surface area contributed by atoms with Gasteiger partial charge >= 0.3 is 0 Å². The molecule has 0 aromatic rings. The van der Waals surface area contributed by atoms with Gasteiger partial charge < -0.3 is 15.0 Å². The van der Waals surface area contributed by atoms with Crippen LogP contribution in [-0.2, 0) is 4.74 Å². The van der Waals surface area contributed by atoms with Crippen molar-refractivity contribution >= 4 is 0 Å². The summed E-state index contributed by atoms with van der Waals surface area (Å²) in [6.07, 6.45) is 6.91. The van der Waals surface area contributed by atoms with Crippen LogP contribution in [0.5, 0.6) is 0 Å². The molecule has 2 aliphatic rings. The molecule has 1 aliphatic heterocycles. The van der Waals surface area contributed by atoms with E-state index in [1.807, 2.05) is 0 Å². The molecule has 88 valence electrons. The molecule has 1 heterocycles. The SMILES string of the molecule is CN(CCC1COCCN1)C1CCCC1. The summed E-state index contributed by atoms with van der Waals surface area (Å²) in [6, 6.07) is 1.44. The van der Waals surface area contributed by atoms with Gasteiger partial charge in [-0.1, -0.05) is 12.8 Å². The maximum atomic E-state index is 5.46. The van der Waals surface area contributed by atoms with E-state index in [1.165, 1.54) is 38.6 Å². The van der Waals surface area contributed by atoms with Crippen LogP contribution in [0.1, 0.15) is 32.1 Å². The van der Waals surface area contributed by atoms with Crippen LogP contribution in [-0.4, -0.2) is 50.3 Å². The highest BCUT2D eigenvalue weighted by molar-refractivity contribution is 4.77. The van der Waals surface area contributed by atoms with E-state index in [-0.39, 0.29) is 0 Å². The van der Waals surface area contributed by atoms with Gasteiger partial charge in [0.25, 0.3) is 0 Å². The van der Waals surface area contributed by atoms with Crippen molar-refractivity contribution in [1.82, 2.24) is 10.2 Å². The number of nitrogens with one attached hydrogen (secondary N) is 1. The number of hydrogen-bond acceptors (Lipinski definition) is 3. The minimum Gasteiger partial charge on any atom is -0.379 e. The minimum atomic E-state index is 0.586. The Labute approximate surface area is 93.2 Å². The smallest absolute Gasteiger partial charge is 0.0620 e. The third-order valence-corrected chi connectivity index (χ3v) is 3.78. The van der Waals surface area contributed by atoms with E-state index in [2.05, 4.69) is 17.3 Å². The Kier molecular flexibility index (Phi) is 4.42. The van der Waals surface area contributed by atoms with Crippen LogP contribution >= 0.6 is 0 Å². The van der Waals surface area contributed by atoms with Crippen LogP contribution in [0.2, 0.25) is 0 Å². The van der Waals surface area contributed by atoms with Crippen LogP contribution in [0.3, 0.4) is 0 Å². The summed E-state index contributed by atoms with van der Waals surface area (Å²) >= 11 is 0. The standard InChI is InChI=1S/C12H24N2O/c1-14(12-4-2-3-5-12)8-6-11-10-15-9-7-13-11/h11-13H,2-10H2,1H3. The zero-order valence-electron chi connectivity index (χ0n) is 9.87. The number of hydrogen-bond donors (Lipinski definition) is 1. The molecule has 2 fully saturated rings. The average Bonchev–Trinajstić information content (AvgIpc) is 2.81.